The van der Waals surface area contributed by atoms with E-state index in [-0.39, 0.29) is 21.4 Å². The monoisotopic (exact) mass is 670 g/mol. The molecule has 0 saturated heterocycles. The Morgan fingerprint density at radius 1 is 1.09 bits per heavy atom. The van der Waals surface area contributed by atoms with Crippen LogP contribution in [-0.2, 0) is 4.79 Å². The number of hydrogen-bond donors (Lipinski definition) is 2. The summed E-state index contributed by atoms with van der Waals surface area (Å²) in [5.41, 5.74) is 1.87. The van der Waals surface area contributed by atoms with Crippen LogP contribution < -0.4 is 25.8 Å². The molecule has 2 aromatic heterocycles. The van der Waals surface area contributed by atoms with Crippen LogP contribution in [0, 0.1) is 17.0 Å². The number of fused-ring (bicyclic) bond motifs is 1. The molecule has 3 aromatic carbocycles. The summed E-state index contributed by atoms with van der Waals surface area (Å²) < 4.78 is 1.69. The number of para-hydroxylation sites is 1. The molecule has 0 bridgehead atoms. The van der Waals surface area contributed by atoms with Crippen molar-refractivity contribution < 1.29 is 9.72 Å². The number of H-pyrrole nitrogens is 1. The van der Waals surface area contributed by atoms with Crippen LogP contribution in [0.1, 0.15) is 29.8 Å². The van der Waals surface area contributed by atoms with Crippen molar-refractivity contribution in [3.8, 4) is 0 Å². The minimum Gasteiger partial charge on any atom is -0.322 e. The summed E-state index contributed by atoms with van der Waals surface area (Å²) in [6, 6.07) is 20.6. The van der Waals surface area contributed by atoms with Gasteiger partial charge in [0.25, 0.3) is 22.7 Å². The minimum atomic E-state index is -0.833. The molecule has 1 aliphatic heterocycles. The Morgan fingerprint density at radius 2 is 1.83 bits per heavy atom. The van der Waals surface area contributed by atoms with Gasteiger partial charge < -0.3 is 10.3 Å². The number of aromatic nitrogens is 3. The highest BCUT2D eigenvalue weighted by molar-refractivity contribution is 7.99. The van der Waals surface area contributed by atoms with E-state index in [0.29, 0.717) is 48.1 Å². The lowest BCUT2D eigenvalue weighted by Crippen LogP contribution is -2.40. The van der Waals surface area contributed by atoms with E-state index in [1.54, 1.807) is 74.5 Å². The van der Waals surface area contributed by atoms with Gasteiger partial charge in [-0.1, -0.05) is 65.0 Å². The molecule has 0 saturated carbocycles. The summed E-state index contributed by atoms with van der Waals surface area (Å²) in [5.74, 6) is -0.418. The molecule has 1 amide bonds. The molecule has 11 nitrogen and oxygen atoms in total. The van der Waals surface area contributed by atoms with Gasteiger partial charge in [-0.25, -0.2) is 9.98 Å². The molecule has 46 heavy (non-hydrogen) atoms. The van der Waals surface area contributed by atoms with Crippen molar-refractivity contribution in [2.45, 2.75) is 29.9 Å². The average Bonchev–Trinajstić information content (AvgIpc) is 3.31. The second kappa shape index (κ2) is 12.7. The Balaban J connectivity index is 1.51. The van der Waals surface area contributed by atoms with Crippen molar-refractivity contribution in [2.24, 2.45) is 4.99 Å². The van der Waals surface area contributed by atoms with Gasteiger partial charge in [0.15, 0.2) is 9.96 Å². The molecule has 2 N–H and O–H groups in total. The number of thiazole rings is 1. The van der Waals surface area contributed by atoms with E-state index < -0.39 is 22.4 Å². The number of rotatable bonds is 7. The quantitative estimate of drug-likeness (QED) is 0.141. The molecule has 0 radical (unpaired) electrons. The standard InChI is InChI=1S/C32H23ClN6O5S2/c1-17-14-26(40)37-31(34-17)45-24-13-12-23(39(43)44)15-20(24)16-25-30(42)38-28(19-8-10-21(33)11-9-19)27(18(2)35-32(38)46-25)29(41)36-22-6-4-3-5-7-22/h3-16,28H,1-2H3,(H,36,41)(H,34,37,40)/b25-16+/t28-/m1/s1. The number of aryl methyl sites for hydroxylation is 1. The Hall–Kier alpha value is -5.11. The van der Waals surface area contributed by atoms with Crippen LogP contribution in [0.4, 0.5) is 11.4 Å². The van der Waals surface area contributed by atoms with Crippen LogP contribution in [0.2, 0.25) is 5.02 Å². The molecule has 0 spiro atoms. The average molecular weight is 671 g/mol. The van der Waals surface area contributed by atoms with Crippen LogP contribution in [-0.4, -0.2) is 25.4 Å². The zero-order valence-electron chi connectivity index (χ0n) is 24.2. The summed E-state index contributed by atoms with van der Waals surface area (Å²) >= 11 is 8.38. The lowest BCUT2D eigenvalue weighted by atomic mass is 9.95. The summed E-state index contributed by atoms with van der Waals surface area (Å²) in [6.07, 6.45) is 1.55. The van der Waals surface area contributed by atoms with Crippen molar-refractivity contribution in [2.75, 3.05) is 5.32 Å². The molecule has 6 rings (SSSR count). The van der Waals surface area contributed by atoms with Crippen LogP contribution in [0.3, 0.4) is 0 Å². The molecule has 14 heteroatoms. The van der Waals surface area contributed by atoms with Crippen molar-refractivity contribution in [1.82, 2.24) is 14.5 Å². The van der Waals surface area contributed by atoms with Gasteiger partial charge in [-0.3, -0.25) is 29.1 Å². The lowest BCUT2D eigenvalue weighted by molar-refractivity contribution is -0.384. The number of hydrogen-bond acceptors (Lipinski definition) is 9. The number of anilines is 1. The van der Waals surface area contributed by atoms with Gasteiger partial charge in [0.05, 0.1) is 26.8 Å². The largest absolute Gasteiger partial charge is 0.322 e. The number of nitro benzene ring substituents is 1. The first kappa shape index (κ1) is 30.9. The predicted molar refractivity (Wildman–Crippen MR) is 177 cm³/mol. The second-order valence-corrected chi connectivity index (χ2v) is 12.7. The van der Waals surface area contributed by atoms with Crippen molar-refractivity contribution in [3.63, 3.8) is 0 Å². The molecular weight excluding hydrogens is 648 g/mol. The molecule has 1 atom stereocenters. The van der Waals surface area contributed by atoms with Crippen molar-refractivity contribution in [1.29, 1.82) is 0 Å². The van der Waals surface area contributed by atoms with E-state index in [9.17, 15) is 24.5 Å². The smallest absolute Gasteiger partial charge is 0.271 e. The SMILES string of the molecule is CC1=C(C(=O)Nc2ccccc2)[C@@H](c2ccc(Cl)cc2)n2c(s/c(=C/c3cc([N+](=O)[O-])ccc3Sc3nc(C)cc(=O)[nH]3)c2=O)=N1. The molecule has 0 unspecified atom stereocenters. The Bertz CT molecular complexity index is 2300. The fourth-order valence-corrected chi connectivity index (χ4v) is 7.08. The van der Waals surface area contributed by atoms with Crippen molar-refractivity contribution >= 4 is 58.1 Å². The van der Waals surface area contributed by atoms with Crippen LogP contribution in [0.15, 0.2) is 115 Å². The van der Waals surface area contributed by atoms with Crippen LogP contribution >= 0.6 is 34.7 Å². The van der Waals surface area contributed by atoms with E-state index in [1.807, 2.05) is 6.07 Å². The van der Waals surface area contributed by atoms with Crippen LogP contribution in [0.5, 0.6) is 0 Å². The number of non-ortho nitro benzene ring substituents is 1. The van der Waals surface area contributed by atoms with Crippen molar-refractivity contribution in [3.05, 3.63) is 152 Å². The minimum absolute atomic E-state index is 0.177. The summed E-state index contributed by atoms with van der Waals surface area (Å²) in [7, 11) is 0. The molecule has 0 aliphatic carbocycles. The highest BCUT2D eigenvalue weighted by Crippen LogP contribution is 2.33. The van der Waals surface area contributed by atoms with Gasteiger partial charge >= 0.3 is 0 Å². The number of nitro groups is 1. The summed E-state index contributed by atoms with van der Waals surface area (Å²) in [4.78, 5) is 63.7. The Kier molecular flexibility index (Phi) is 8.54. The molecule has 3 heterocycles. The zero-order chi connectivity index (χ0) is 32.5. The molecule has 5 aromatic rings. The molecule has 230 valence electrons. The second-order valence-electron chi connectivity index (χ2n) is 10.2. The highest BCUT2D eigenvalue weighted by Gasteiger charge is 2.32. The number of amides is 1. The first-order chi connectivity index (χ1) is 22.1. The molecular formula is C32H23ClN6O5S2. The van der Waals surface area contributed by atoms with Gasteiger partial charge in [-0.05, 0) is 61.4 Å². The van der Waals surface area contributed by atoms with Gasteiger partial charge in [0, 0.05) is 39.5 Å². The summed E-state index contributed by atoms with van der Waals surface area (Å²) in [5, 5.41) is 15.4. The highest BCUT2D eigenvalue weighted by atomic mass is 35.5. The number of halogens is 1. The lowest BCUT2D eigenvalue weighted by Gasteiger charge is -2.25. The number of allylic oxidation sites excluding steroid dienone is 1. The normalized spacial score (nSPS) is 14.5. The van der Waals surface area contributed by atoms with Gasteiger partial charge in [0.2, 0.25) is 0 Å². The third-order valence-corrected chi connectivity index (χ3v) is 9.24. The van der Waals surface area contributed by atoms with Gasteiger partial charge in [0.1, 0.15) is 0 Å². The number of carbonyl (C=O) groups excluding carboxylic acids is 1. The van der Waals surface area contributed by atoms with E-state index in [4.69, 9.17) is 11.6 Å². The summed E-state index contributed by atoms with van der Waals surface area (Å²) in [6.45, 7) is 3.40. The maximum atomic E-state index is 14.2. The maximum Gasteiger partial charge on any atom is 0.271 e. The number of carbonyl (C=O) groups is 1. The molecule has 0 fully saturated rings. The number of benzene rings is 3. The number of nitrogens with zero attached hydrogens (tertiary/aromatic N) is 4. The third-order valence-electron chi connectivity index (χ3n) is 7.03. The third kappa shape index (κ3) is 6.33. The number of nitrogens with one attached hydrogen (secondary N) is 2. The maximum absolute atomic E-state index is 14.2. The fraction of sp³-hybridized carbons (Fsp3) is 0.0938. The van der Waals surface area contributed by atoms with E-state index >= 15 is 0 Å². The van der Waals surface area contributed by atoms with Gasteiger partial charge in [-0.15, -0.1) is 0 Å². The Morgan fingerprint density at radius 3 is 2.52 bits per heavy atom. The predicted octanol–water partition coefficient (Wildman–Crippen LogP) is 4.98. The van der Waals surface area contributed by atoms with Crippen LogP contribution in [0.25, 0.3) is 6.08 Å². The topological polar surface area (TPSA) is 152 Å². The first-order valence-electron chi connectivity index (χ1n) is 13.8. The Labute approximate surface area is 273 Å². The van der Waals surface area contributed by atoms with E-state index in [0.717, 1.165) is 23.1 Å². The number of aromatic amines is 1. The first-order valence-corrected chi connectivity index (χ1v) is 15.8. The van der Waals surface area contributed by atoms with E-state index in [1.165, 1.54) is 22.8 Å². The molecule has 1 aliphatic rings. The zero-order valence-corrected chi connectivity index (χ0v) is 26.6. The fourth-order valence-electron chi connectivity index (χ4n) is 4.99. The van der Waals surface area contributed by atoms with Gasteiger partial charge in [-0.2, -0.15) is 0 Å². The van der Waals surface area contributed by atoms with E-state index in [2.05, 4.69) is 20.3 Å².